The number of thioether (sulfide) groups is 1. The molecule has 1 amide bonds. The van der Waals surface area contributed by atoms with E-state index >= 15 is 0 Å². The van der Waals surface area contributed by atoms with E-state index in [9.17, 15) is 9.59 Å². The molecule has 0 atom stereocenters. The van der Waals surface area contributed by atoms with Gasteiger partial charge in [-0.2, -0.15) is 0 Å². The SMILES string of the molecule is COc1ccc(/C=C2\SC(=S)N(c3ccc(C(C)=O)cc3)C2=O)c(OC)c1. The summed E-state index contributed by atoms with van der Waals surface area (Å²) >= 11 is 6.61. The number of carbonyl (C=O) groups excluding carboxylic acids is 2. The van der Waals surface area contributed by atoms with Crippen molar-refractivity contribution in [3.05, 3.63) is 58.5 Å². The Balaban J connectivity index is 1.92. The normalized spacial score (nSPS) is 15.4. The van der Waals surface area contributed by atoms with Crippen LogP contribution >= 0.6 is 24.0 Å². The number of hydrogen-bond acceptors (Lipinski definition) is 6. The zero-order valence-corrected chi connectivity index (χ0v) is 16.6. The number of rotatable bonds is 5. The summed E-state index contributed by atoms with van der Waals surface area (Å²) in [6.07, 6.45) is 1.75. The first-order chi connectivity index (χ1) is 12.9. The Morgan fingerprint density at radius 3 is 2.41 bits per heavy atom. The van der Waals surface area contributed by atoms with Crippen LogP contribution in [0, 0.1) is 0 Å². The average molecular weight is 399 g/mol. The van der Waals surface area contributed by atoms with Gasteiger partial charge < -0.3 is 9.47 Å². The second kappa shape index (κ2) is 7.94. The number of amides is 1. The second-order valence-electron chi connectivity index (χ2n) is 5.73. The highest BCUT2D eigenvalue weighted by Gasteiger charge is 2.33. The number of hydrogen-bond donors (Lipinski definition) is 0. The number of anilines is 1. The molecule has 7 heteroatoms. The molecule has 0 bridgehead atoms. The summed E-state index contributed by atoms with van der Waals surface area (Å²) in [5.41, 5.74) is 1.97. The van der Waals surface area contributed by atoms with Crippen LogP contribution < -0.4 is 14.4 Å². The topological polar surface area (TPSA) is 55.8 Å². The van der Waals surface area contributed by atoms with E-state index in [0.717, 1.165) is 5.56 Å². The van der Waals surface area contributed by atoms with Gasteiger partial charge in [0.2, 0.25) is 0 Å². The van der Waals surface area contributed by atoms with Crippen molar-refractivity contribution in [2.24, 2.45) is 0 Å². The lowest BCUT2D eigenvalue weighted by Gasteiger charge is -2.14. The Kier molecular flexibility index (Phi) is 5.62. The molecule has 0 spiro atoms. The summed E-state index contributed by atoms with van der Waals surface area (Å²) in [4.78, 5) is 26.3. The van der Waals surface area contributed by atoms with Crippen LogP contribution in [-0.2, 0) is 4.79 Å². The number of ether oxygens (including phenoxy) is 2. The van der Waals surface area contributed by atoms with Crippen LogP contribution in [0.5, 0.6) is 11.5 Å². The van der Waals surface area contributed by atoms with Gasteiger partial charge in [0.05, 0.1) is 24.8 Å². The summed E-state index contributed by atoms with van der Waals surface area (Å²) in [6, 6.07) is 12.2. The highest BCUT2D eigenvalue weighted by atomic mass is 32.2. The molecule has 1 fully saturated rings. The Hall–Kier alpha value is -2.64. The fourth-order valence-corrected chi connectivity index (χ4v) is 3.90. The Morgan fingerprint density at radius 2 is 1.81 bits per heavy atom. The standard InChI is InChI=1S/C20H17NO4S2/c1-12(22)13-4-7-15(8-5-13)21-19(23)18(27-20(21)26)10-14-6-9-16(24-2)11-17(14)25-3/h4-11H,1-3H3/b18-10-. The Bertz CT molecular complexity index is 951. The van der Waals surface area contributed by atoms with Crippen LogP contribution in [0.4, 0.5) is 5.69 Å². The zero-order valence-electron chi connectivity index (χ0n) is 15.0. The van der Waals surface area contributed by atoms with Gasteiger partial charge in [0.1, 0.15) is 11.5 Å². The van der Waals surface area contributed by atoms with E-state index in [-0.39, 0.29) is 11.7 Å². The lowest BCUT2D eigenvalue weighted by Crippen LogP contribution is -2.27. The molecule has 0 aromatic heterocycles. The number of ketones is 1. The van der Waals surface area contributed by atoms with E-state index in [4.69, 9.17) is 21.7 Å². The van der Waals surface area contributed by atoms with Gasteiger partial charge in [-0.25, -0.2) is 0 Å². The smallest absolute Gasteiger partial charge is 0.270 e. The van der Waals surface area contributed by atoms with Crippen molar-refractivity contribution in [3.63, 3.8) is 0 Å². The maximum atomic E-state index is 12.9. The van der Waals surface area contributed by atoms with Crippen molar-refractivity contribution in [1.82, 2.24) is 0 Å². The third-order valence-electron chi connectivity index (χ3n) is 4.05. The van der Waals surface area contributed by atoms with Crippen molar-refractivity contribution in [2.75, 3.05) is 19.1 Å². The maximum absolute atomic E-state index is 12.9. The molecule has 3 rings (SSSR count). The molecule has 0 radical (unpaired) electrons. The van der Waals surface area contributed by atoms with Gasteiger partial charge in [-0.15, -0.1) is 0 Å². The first-order valence-corrected chi connectivity index (χ1v) is 9.28. The fourth-order valence-electron chi connectivity index (χ4n) is 2.61. The average Bonchev–Trinajstić information content (AvgIpc) is 2.95. The van der Waals surface area contributed by atoms with Crippen LogP contribution in [-0.4, -0.2) is 30.2 Å². The predicted molar refractivity (Wildman–Crippen MR) is 112 cm³/mol. The molecular weight excluding hydrogens is 382 g/mol. The molecule has 1 saturated heterocycles. The summed E-state index contributed by atoms with van der Waals surface area (Å²) in [5.74, 6) is 1.03. The molecule has 0 N–H and O–H groups in total. The minimum atomic E-state index is -0.210. The van der Waals surface area contributed by atoms with E-state index in [2.05, 4.69) is 0 Å². The summed E-state index contributed by atoms with van der Waals surface area (Å²) in [7, 11) is 3.14. The number of thiocarbonyl (C=S) groups is 1. The van der Waals surface area contributed by atoms with Gasteiger partial charge in [0.15, 0.2) is 10.1 Å². The molecule has 1 aliphatic heterocycles. The minimum Gasteiger partial charge on any atom is -0.497 e. The molecular formula is C20H17NO4S2. The van der Waals surface area contributed by atoms with Gasteiger partial charge in [0.25, 0.3) is 5.91 Å². The van der Waals surface area contributed by atoms with E-state index in [1.807, 2.05) is 6.07 Å². The molecule has 2 aromatic carbocycles. The molecule has 2 aromatic rings. The van der Waals surface area contributed by atoms with Gasteiger partial charge >= 0.3 is 0 Å². The Morgan fingerprint density at radius 1 is 1.11 bits per heavy atom. The van der Waals surface area contributed by atoms with Gasteiger partial charge in [-0.3, -0.25) is 14.5 Å². The first-order valence-electron chi connectivity index (χ1n) is 8.05. The fraction of sp³-hybridized carbons (Fsp3) is 0.150. The van der Waals surface area contributed by atoms with E-state index in [1.54, 1.807) is 56.7 Å². The van der Waals surface area contributed by atoms with E-state index in [0.29, 0.717) is 32.0 Å². The van der Waals surface area contributed by atoms with Gasteiger partial charge in [-0.1, -0.05) is 24.0 Å². The Labute approximate surface area is 167 Å². The van der Waals surface area contributed by atoms with Crippen molar-refractivity contribution in [2.45, 2.75) is 6.92 Å². The molecule has 27 heavy (non-hydrogen) atoms. The van der Waals surface area contributed by atoms with Crippen molar-refractivity contribution in [3.8, 4) is 11.5 Å². The first kappa shape index (κ1) is 19.1. The molecule has 1 aliphatic rings. The number of benzene rings is 2. The van der Waals surface area contributed by atoms with Gasteiger partial charge in [-0.05, 0) is 49.4 Å². The van der Waals surface area contributed by atoms with Gasteiger partial charge in [0, 0.05) is 17.2 Å². The van der Waals surface area contributed by atoms with Crippen LogP contribution in [0.3, 0.4) is 0 Å². The summed E-state index contributed by atoms with van der Waals surface area (Å²) < 4.78 is 11.0. The summed E-state index contributed by atoms with van der Waals surface area (Å²) in [5, 5.41) is 0. The minimum absolute atomic E-state index is 0.0292. The largest absolute Gasteiger partial charge is 0.497 e. The number of methoxy groups -OCH3 is 2. The zero-order chi connectivity index (χ0) is 19.6. The summed E-state index contributed by atoms with van der Waals surface area (Å²) in [6.45, 7) is 1.50. The maximum Gasteiger partial charge on any atom is 0.270 e. The molecule has 138 valence electrons. The monoisotopic (exact) mass is 399 g/mol. The molecule has 5 nitrogen and oxygen atoms in total. The number of Topliss-reactive ketones (excluding diaryl/α,β-unsaturated/α-hetero) is 1. The highest BCUT2D eigenvalue weighted by Crippen LogP contribution is 2.37. The van der Waals surface area contributed by atoms with E-state index in [1.165, 1.54) is 23.6 Å². The lowest BCUT2D eigenvalue weighted by atomic mass is 10.1. The van der Waals surface area contributed by atoms with Crippen molar-refractivity contribution in [1.29, 1.82) is 0 Å². The third kappa shape index (κ3) is 3.89. The third-order valence-corrected chi connectivity index (χ3v) is 5.36. The second-order valence-corrected chi connectivity index (χ2v) is 7.40. The van der Waals surface area contributed by atoms with Crippen LogP contribution in [0.25, 0.3) is 6.08 Å². The van der Waals surface area contributed by atoms with Crippen molar-refractivity contribution < 1.29 is 19.1 Å². The molecule has 1 heterocycles. The number of nitrogens with zero attached hydrogens (tertiary/aromatic N) is 1. The van der Waals surface area contributed by atoms with Crippen LogP contribution in [0.2, 0.25) is 0 Å². The molecule has 0 saturated carbocycles. The lowest BCUT2D eigenvalue weighted by molar-refractivity contribution is -0.113. The van der Waals surface area contributed by atoms with Crippen LogP contribution in [0.1, 0.15) is 22.8 Å². The quantitative estimate of drug-likeness (QED) is 0.424. The van der Waals surface area contributed by atoms with Crippen LogP contribution in [0.15, 0.2) is 47.4 Å². The molecule has 0 unspecified atom stereocenters. The molecule has 0 aliphatic carbocycles. The highest BCUT2D eigenvalue weighted by molar-refractivity contribution is 8.27. The number of carbonyl (C=O) groups is 2. The predicted octanol–water partition coefficient (Wildman–Crippen LogP) is 4.31. The van der Waals surface area contributed by atoms with Crippen molar-refractivity contribution >= 4 is 51.8 Å². The van der Waals surface area contributed by atoms with E-state index < -0.39 is 0 Å².